The lowest BCUT2D eigenvalue weighted by Gasteiger charge is -2.32. The zero-order chi connectivity index (χ0) is 17.5. The van der Waals surface area contributed by atoms with Crippen LogP contribution in [0.25, 0.3) is 0 Å². The number of aryl methyl sites for hydroxylation is 1. The number of halogens is 1. The third-order valence-electron chi connectivity index (χ3n) is 4.09. The fourth-order valence-corrected chi connectivity index (χ4v) is 2.83. The van der Waals surface area contributed by atoms with E-state index in [0.29, 0.717) is 37.0 Å². The first kappa shape index (κ1) is 18.8. The fourth-order valence-electron chi connectivity index (χ4n) is 2.72. The highest BCUT2D eigenvalue weighted by Gasteiger charge is 2.26. The molecule has 1 fully saturated rings. The van der Waals surface area contributed by atoms with E-state index in [-0.39, 0.29) is 12.7 Å². The minimum atomic E-state index is -0.551. The number of aliphatic hydroxyl groups is 1. The minimum Gasteiger partial charge on any atom is -0.491 e. The molecule has 7 heteroatoms. The molecule has 1 aliphatic rings. The molecule has 0 spiro atoms. The molecule has 0 bridgehead atoms. The molecular weight excluding hydrogens is 332 g/mol. The first-order valence-corrected chi connectivity index (χ1v) is 8.69. The number of piperazine rings is 1. The van der Waals surface area contributed by atoms with Crippen molar-refractivity contribution in [3.63, 3.8) is 0 Å². The van der Waals surface area contributed by atoms with Crippen molar-refractivity contribution in [1.29, 1.82) is 0 Å². The number of carbonyl (C=O) groups excluding carboxylic acids is 1. The van der Waals surface area contributed by atoms with E-state index in [4.69, 9.17) is 21.1 Å². The Balaban J connectivity index is 1.70. The number of benzene rings is 1. The molecule has 0 aromatic heterocycles. The van der Waals surface area contributed by atoms with Crippen LogP contribution in [0.5, 0.6) is 5.75 Å². The summed E-state index contributed by atoms with van der Waals surface area (Å²) in [6.45, 7) is 7.86. The van der Waals surface area contributed by atoms with Crippen molar-refractivity contribution >= 4 is 17.7 Å². The Morgan fingerprint density at radius 3 is 2.75 bits per heavy atom. The van der Waals surface area contributed by atoms with E-state index in [1.165, 1.54) is 4.90 Å². The van der Waals surface area contributed by atoms with Gasteiger partial charge in [0.1, 0.15) is 25.0 Å². The quantitative estimate of drug-likeness (QED) is 0.788. The van der Waals surface area contributed by atoms with Crippen LogP contribution in [0.2, 0.25) is 5.02 Å². The molecule has 1 aliphatic heterocycles. The zero-order valence-corrected chi connectivity index (χ0v) is 15.0. The Bertz CT molecular complexity index is 547. The van der Waals surface area contributed by atoms with Gasteiger partial charge in [0, 0.05) is 5.02 Å². The molecule has 6 nitrogen and oxygen atoms in total. The molecule has 24 heavy (non-hydrogen) atoms. The van der Waals surface area contributed by atoms with Gasteiger partial charge in [0.05, 0.1) is 32.8 Å². The number of hydrogen-bond acceptors (Lipinski definition) is 4. The highest BCUT2D eigenvalue weighted by Crippen LogP contribution is 2.20. The molecular formula is C17H26ClN2O4+. The van der Waals surface area contributed by atoms with Gasteiger partial charge in [-0.3, -0.25) is 4.90 Å². The molecule has 1 amide bonds. The van der Waals surface area contributed by atoms with Crippen LogP contribution >= 0.6 is 11.6 Å². The van der Waals surface area contributed by atoms with E-state index in [9.17, 15) is 9.90 Å². The monoisotopic (exact) mass is 357 g/mol. The molecule has 1 heterocycles. The average Bonchev–Trinajstić information content (AvgIpc) is 2.57. The molecule has 0 aliphatic carbocycles. The average molecular weight is 358 g/mol. The van der Waals surface area contributed by atoms with Crippen LogP contribution in [0.3, 0.4) is 0 Å². The van der Waals surface area contributed by atoms with Crippen LogP contribution in [0.1, 0.15) is 12.5 Å². The van der Waals surface area contributed by atoms with Crippen LogP contribution in [0, 0.1) is 6.92 Å². The van der Waals surface area contributed by atoms with Crippen molar-refractivity contribution in [3.8, 4) is 5.75 Å². The molecule has 0 saturated carbocycles. The number of quaternary nitrogens is 1. The van der Waals surface area contributed by atoms with Crippen molar-refractivity contribution < 1.29 is 24.3 Å². The lowest BCUT2D eigenvalue weighted by Crippen LogP contribution is -3.16. The lowest BCUT2D eigenvalue weighted by molar-refractivity contribution is -0.907. The van der Waals surface area contributed by atoms with Gasteiger partial charge >= 0.3 is 6.09 Å². The van der Waals surface area contributed by atoms with Gasteiger partial charge in [-0.15, -0.1) is 0 Å². The van der Waals surface area contributed by atoms with Gasteiger partial charge in [-0.1, -0.05) is 11.6 Å². The van der Waals surface area contributed by atoms with Gasteiger partial charge in [0.25, 0.3) is 0 Å². The van der Waals surface area contributed by atoms with Crippen LogP contribution in [-0.4, -0.2) is 68.1 Å². The number of rotatable bonds is 6. The number of aliphatic hydroxyl groups excluding tert-OH is 1. The number of hydrogen-bond donors (Lipinski definition) is 2. The van der Waals surface area contributed by atoms with Gasteiger partial charge in [-0.2, -0.15) is 0 Å². The SMILES string of the molecule is CCOC(=O)N1CC[NH+](C[C@@H](O)COc2ccc(Cl)c(C)c2)CC1. The maximum atomic E-state index is 11.7. The molecule has 2 rings (SSSR count). The summed E-state index contributed by atoms with van der Waals surface area (Å²) in [7, 11) is 0. The lowest BCUT2D eigenvalue weighted by atomic mass is 10.2. The molecule has 1 aromatic carbocycles. The van der Waals surface area contributed by atoms with Crippen molar-refractivity contribution in [2.75, 3.05) is 45.9 Å². The summed E-state index contributed by atoms with van der Waals surface area (Å²) in [5.74, 6) is 0.707. The van der Waals surface area contributed by atoms with E-state index in [0.717, 1.165) is 18.7 Å². The Labute approximate surface area is 147 Å². The van der Waals surface area contributed by atoms with Gasteiger partial charge in [-0.25, -0.2) is 4.79 Å². The molecule has 1 aromatic rings. The normalized spacial score (nSPS) is 16.8. The van der Waals surface area contributed by atoms with Crippen molar-refractivity contribution in [2.24, 2.45) is 0 Å². The second-order valence-electron chi connectivity index (χ2n) is 6.02. The number of carbonyl (C=O) groups is 1. The third-order valence-corrected chi connectivity index (χ3v) is 4.52. The molecule has 134 valence electrons. The van der Waals surface area contributed by atoms with Gasteiger partial charge in [-0.05, 0) is 37.6 Å². The number of amides is 1. The zero-order valence-electron chi connectivity index (χ0n) is 14.3. The van der Waals surface area contributed by atoms with Crippen LogP contribution in [0.15, 0.2) is 18.2 Å². The standard InChI is InChI=1S/C17H25ClN2O4/c1-3-23-17(22)20-8-6-19(7-9-20)11-14(21)12-24-15-4-5-16(18)13(2)10-15/h4-5,10,14,21H,3,6-9,11-12H2,1-2H3/p+1/t14-/m1/s1. The second-order valence-corrected chi connectivity index (χ2v) is 6.42. The minimum absolute atomic E-state index is 0.242. The maximum Gasteiger partial charge on any atom is 0.410 e. The Morgan fingerprint density at radius 1 is 1.42 bits per heavy atom. The number of ether oxygens (including phenoxy) is 2. The smallest absolute Gasteiger partial charge is 0.410 e. The summed E-state index contributed by atoms with van der Waals surface area (Å²) in [4.78, 5) is 14.6. The first-order chi connectivity index (χ1) is 11.5. The molecule has 1 saturated heterocycles. The number of nitrogens with one attached hydrogen (secondary N) is 1. The fraction of sp³-hybridized carbons (Fsp3) is 0.588. The van der Waals surface area contributed by atoms with E-state index >= 15 is 0 Å². The number of nitrogens with zero attached hydrogens (tertiary/aromatic N) is 1. The van der Waals surface area contributed by atoms with Gasteiger partial charge in [0.2, 0.25) is 0 Å². The summed E-state index contributed by atoms with van der Waals surface area (Å²) in [6.07, 6.45) is -0.802. The molecule has 2 N–H and O–H groups in total. The predicted octanol–water partition coefficient (Wildman–Crippen LogP) is 0.745. The topological polar surface area (TPSA) is 63.4 Å². The second kappa shape index (κ2) is 9.11. The Morgan fingerprint density at radius 2 is 2.12 bits per heavy atom. The summed E-state index contributed by atoms with van der Waals surface area (Å²) in [5, 5.41) is 10.9. The van der Waals surface area contributed by atoms with Crippen LogP contribution in [-0.2, 0) is 4.74 Å². The first-order valence-electron chi connectivity index (χ1n) is 8.32. The summed E-state index contributed by atoms with van der Waals surface area (Å²) < 4.78 is 10.6. The van der Waals surface area contributed by atoms with Crippen molar-refractivity contribution in [3.05, 3.63) is 28.8 Å². The highest BCUT2D eigenvalue weighted by molar-refractivity contribution is 6.31. The third kappa shape index (κ3) is 5.54. The molecule has 0 unspecified atom stereocenters. The molecule has 1 atom stereocenters. The summed E-state index contributed by atoms with van der Waals surface area (Å²) in [6, 6.07) is 5.45. The van der Waals surface area contributed by atoms with Crippen molar-refractivity contribution in [1.82, 2.24) is 4.90 Å². The Hall–Kier alpha value is -1.50. The van der Waals surface area contributed by atoms with Gasteiger partial charge in [0.15, 0.2) is 0 Å². The van der Waals surface area contributed by atoms with Crippen molar-refractivity contribution in [2.45, 2.75) is 20.0 Å². The van der Waals surface area contributed by atoms with Crippen LogP contribution < -0.4 is 9.64 Å². The van der Waals surface area contributed by atoms with E-state index in [2.05, 4.69) is 0 Å². The predicted molar refractivity (Wildman–Crippen MR) is 91.8 cm³/mol. The highest BCUT2D eigenvalue weighted by atomic mass is 35.5. The Kier molecular flexibility index (Phi) is 7.15. The van der Waals surface area contributed by atoms with Gasteiger partial charge < -0.3 is 19.5 Å². The summed E-state index contributed by atoms with van der Waals surface area (Å²) in [5.41, 5.74) is 0.948. The van der Waals surface area contributed by atoms with E-state index in [1.807, 2.05) is 13.0 Å². The van der Waals surface area contributed by atoms with E-state index < -0.39 is 6.10 Å². The summed E-state index contributed by atoms with van der Waals surface area (Å²) >= 11 is 5.98. The molecule has 0 radical (unpaired) electrons. The maximum absolute atomic E-state index is 11.7. The van der Waals surface area contributed by atoms with Crippen LogP contribution in [0.4, 0.5) is 4.79 Å². The van der Waals surface area contributed by atoms with E-state index in [1.54, 1.807) is 24.0 Å². The largest absolute Gasteiger partial charge is 0.491 e.